The van der Waals surface area contributed by atoms with Crippen molar-refractivity contribution < 1.29 is 4.79 Å². The predicted molar refractivity (Wildman–Crippen MR) is 71.7 cm³/mol. The van der Waals surface area contributed by atoms with Crippen molar-refractivity contribution in [3.63, 3.8) is 0 Å². The van der Waals surface area contributed by atoms with E-state index in [4.69, 9.17) is 0 Å². The topological polar surface area (TPSA) is 53.9 Å². The van der Waals surface area contributed by atoms with Crippen LogP contribution in [0, 0.1) is 6.92 Å². The first-order valence-corrected chi connectivity index (χ1v) is 6.60. The maximum atomic E-state index is 12.6. The summed E-state index contributed by atoms with van der Waals surface area (Å²) in [6.45, 7) is 2.78. The van der Waals surface area contributed by atoms with E-state index in [1.807, 2.05) is 48.0 Å². The van der Waals surface area contributed by atoms with E-state index >= 15 is 0 Å². The molecule has 2 aromatic heterocycles. The Labute approximate surface area is 112 Å². The standard InChI is InChI=1S/C14H18N4O/c1-10-9-15-13(16-10)11-5-4-8-18(11)14(19)12-6-3-7-17(12)2/h3,6-7,9,11H,4-5,8H2,1-2H3,(H,15,16)/t11-/m0/s1. The minimum absolute atomic E-state index is 0.0797. The molecule has 0 aromatic carbocycles. The summed E-state index contributed by atoms with van der Waals surface area (Å²) in [5, 5.41) is 0. The summed E-state index contributed by atoms with van der Waals surface area (Å²) in [7, 11) is 1.90. The van der Waals surface area contributed by atoms with E-state index in [2.05, 4.69) is 9.97 Å². The van der Waals surface area contributed by atoms with Crippen LogP contribution in [0.15, 0.2) is 24.5 Å². The zero-order valence-electron chi connectivity index (χ0n) is 11.3. The van der Waals surface area contributed by atoms with E-state index in [1.165, 1.54) is 0 Å². The molecule has 0 radical (unpaired) electrons. The Bertz CT molecular complexity index is 598. The molecule has 5 heteroatoms. The average molecular weight is 258 g/mol. The Hall–Kier alpha value is -2.04. The normalized spacial score (nSPS) is 19.1. The Kier molecular flexibility index (Phi) is 2.89. The molecule has 3 heterocycles. The van der Waals surface area contributed by atoms with Crippen LogP contribution in [0.1, 0.15) is 40.9 Å². The maximum absolute atomic E-state index is 12.6. The highest BCUT2D eigenvalue weighted by Crippen LogP contribution is 2.31. The van der Waals surface area contributed by atoms with Gasteiger partial charge >= 0.3 is 0 Å². The Balaban J connectivity index is 1.88. The number of carbonyl (C=O) groups is 1. The minimum Gasteiger partial charge on any atom is -0.347 e. The Morgan fingerprint density at radius 2 is 2.37 bits per heavy atom. The van der Waals surface area contributed by atoms with Crippen LogP contribution in [-0.4, -0.2) is 31.9 Å². The molecule has 0 aliphatic carbocycles. The predicted octanol–water partition coefficient (Wildman–Crippen LogP) is 2.03. The monoisotopic (exact) mass is 258 g/mol. The fraction of sp³-hybridized carbons (Fsp3) is 0.429. The zero-order chi connectivity index (χ0) is 13.4. The highest BCUT2D eigenvalue weighted by atomic mass is 16.2. The lowest BCUT2D eigenvalue weighted by atomic mass is 10.2. The molecule has 0 saturated carbocycles. The van der Waals surface area contributed by atoms with Crippen LogP contribution in [0.4, 0.5) is 0 Å². The van der Waals surface area contributed by atoms with E-state index in [9.17, 15) is 4.79 Å². The van der Waals surface area contributed by atoms with Gasteiger partial charge in [0.25, 0.3) is 5.91 Å². The molecule has 0 spiro atoms. The quantitative estimate of drug-likeness (QED) is 0.896. The number of hydrogen-bond donors (Lipinski definition) is 1. The maximum Gasteiger partial charge on any atom is 0.271 e. The zero-order valence-corrected chi connectivity index (χ0v) is 11.3. The van der Waals surface area contributed by atoms with E-state index in [0.717, 1.165) is 36.6 Å². The molecular formula is C14H18N4O. The Morgan fingerprint density at radius 3 is 3.00 bits per heavy atom. The van der Waals surface area contributed by atoms with Crippen LogP contribution < -0.4 is 0 Å². The van der Waals surface area contributed by atoms with Crippen molar-refractivity contribution in [2.24, 2.45) is 7.05 Å². The first-order valence-electron chi connectivity index (χ1n) is 6.60. The molecule has 0 unspecified atom stereocenters. The molecule has 1 N–H and O–H groups in total. The molecule has 3 rings (SSSR count). The third kappa shape index (κ3) is 2.05. The fourth-order valence-corrected chi connectivity index (χ4v) is 2.73. The second kappa shape index (κ2) is 4.57. The highest BCUT2D eigenvalue weighted by molar-refractivity contribution is 5.93. The van der Waals surface area contributed by atoms with Gasteiger partial charge in [0.05, 0.1) is 6.04 Å². The molecule has 1 aliphatic heterocycles. The molecule has 19 heavy (non-hydrogen) atoms. The molecule has 1 saturated heterocycles. The minimum atomic E-state index is 0.0797. The summed E-state index contributed by atoms with van der Waals surface area (Å²) >= 11 is 0. The number of amides is 1. The number of H-pyrrole nitrogens is 1. The number of aryl methyl sites for hydroxylation is 2. The first kappa shape index (κ1) is 12.0. The molecule has 0 bridgehead atoms. The lowest BCUT2D eigenvalue weighted by molar-refractivity contribution is 0.0720. The van der Waals surface area contributed by atoms with Crippen LogP contribution in [0.2, 0.25) is 0 Å². The fourth-order valence-electron chi connectivity index (χ4n) is 2.73. The second-order valence-corrected chi connectivity index (χ2v) is 5.11. The summed E-state index contributed by atoms with van der Waals surface area (Å²) in [5.41, 5.74) is 1.77. The third-order valence-corrected chi connectivity index (χ3v) is 3.71. The number of likely N-dealkylation sites (tertiary alicyclic amines) is 1. The van der Waals surface area contributed by atoms with Gasteiger partial charge in [-0.05, 0) is 31.9 Å². The first-order chi connectivity index (χ1) is 9.16. The van der Waals surface area contributed by atoms with Gasteiger partial charge in [-0.2, -0.15) is 0 Å². The smallest absolute Gasteiger partial charge is 0.271 e. The number of nitrogens with zero attached hydrogens (tertiary/aromatic N) is 3. The molecule has 1 aliphatic rings. The number of aromatic amines is 1. The van der Waals surface area contributed by atoms with E-state index in [0.29, 0.717) is 0 Å². The van der Waals surface area contributed by atoms with Gasteiger partial charge in [-0.1, -0.05) is 0 Å². The van der Waals surface area contributed by atoms with E-state index < -0.39 is 0 Å². The molecule has 1 fully saturated rings. The average Bonchev–Trinajstić information content (AvgIpc) is 3.07. The van der Waals surface area contributed by atoms with E-state index in [1.54, 1.807) is 0 Å². The molecule has 2 aromatic rings. The van der Waals surface area contributed by atoms with Crippen molar-refractivity contribution in [3.8, 4) is 0 Å². The number of rotatable bonds is 2. The number of carbonyl (C=O) groups excluding carboxylic acids is 1. The summed E-state index contributed by atoms with van der Waals surface area (Å²) in [6, 6.07) is 3.84. The van der Waals surface area contributed by atoms with Crippen LogP contribution in [-0.2, 0) is 7.05 Å². The lowest BCUT2D eigenvalue weighted by Crippen LogP contribution is -2.32. The van der Waals surface area contributed by atoms with Crippen LogP contribution in [0.5, 0.6) is 0 Å². The lowest BCUT2D eigenvalue weighted by Gasteiger charge is -2.23. The molecule has 100 valence electrons. The van der Waals surface area contributed by atoms with Crippen LogP contribution >= 0.6 is 0 Å². The van der Waals surface area contributed by atoms with Crippen molar-refractivity contribution >= 4 is 5.91 Å². The van der Waals surface area contributed by atoms with Gasteiger partial charge in [-0.15, -0.1) is 0 Å². The largest absolute Gasteiger partial charge is 0.347 e. The number of nitrogens with one attached hydrogen (secondary N) is 1. The Morgan fingerprint density at radius 1 is 1.53 bits per heavy atom. The van der Waals surface area contributed by atoms with Crippen molar-refractivity contribution in [1.29, 1.82) is 0 Å². The number of aromatic nitrogens is 3. The second-order valence-electron chi connectivity index (χ2n) is 5.11. The number of imidazole rings is 1. The summed E-state index contributed by atoms with van der Waals surface area (Å²) in [6.07, 6.45) is 5.72. The van der Waals surface area contributed by atoms with Gasteiger partial charge in [0.2, 0.25) is 0 Å². The summed E-state index contributed by atoms with van der Waals surface area (Å²) in [5.74, 6) is 0.988. The van der Waals surface area contributed by atoms with Crippen LogP contribution in [0.3, 0.4) is 0 Å². The molecular weight excluding hydrogens is 240 g/mol. The van der Waals surface area contributed by atoms with Crippen LogP contribution in [0.25, 0.3) is 0 Å². The summed E-state index contributed by atoms with van der Waals surface area (Å²) in [4.78, 5) is 22.1. The van der Waals surface area contributed by atoms with Gasteiger partial charge in [-0.25, -0.2) is 4.98 Å². The van der Waals surface area contributed by atoms with Gasteiger partial charge in [-0.3, -0.25) is 4.79 Å². The summed E-state index contributed by atoms with van der Waals surface area (Å²) < 4.78 is 1.87. The van der Waals surface area contributed by atoms with Gasteiger partial charge in [0, 0.05) is 31.7 Å². The van der Waals surface area contributed by atoms with Crippen molar-refractivity contribution in [2.45, 2.75) is 25.8 Å². The van der Waals surface area contributed by atoms with Gasteiger partial charge in [0.15, 0.2) is 0 Å². The number of hydrogen-bond acceptors (Lipinski definition) is 2. The van der Waals surface area contributed by atoms with Crippen molar-refractivity contribution in [1.82, 2.24) is 19.4 Å². The molecule has 5 nitrogen and oxygen atoms in total. The van der Waals surface area contributed by atoms with Crippen molar-refractivity contribution in [2.75, 3.05) is 6.54 Å². The van der Waals surface area contributed by atoms with Gasteiger partial charge < -0.3 is 14.5 Å². The van der Waals surface area contributed by atoms with Gasteiger partial charge in [0.1, 0.15) is 11.5 Å². The molecule has 1 atom stereocenters. The van der Waals surface area contributed by atoms with Crippen molar-refractivity contribution in [3.05, 3.63) is 41.7 Å². The third-order valence-electron chi connectivity index (χ3n) is 3.71. The molecule has 1 amide bonds. The highest BCUT2D eigenvalue weighted by Gasteiger charge is 2.33. The SMILES string of the molecule is Cc1cnc([C@@H]2CCCN2C(=O)c2cccn2C)[nH]1. The van der Waals surface area contributed by atoms with E-state index in [-0.39, 0.29) is 11.9 Å².